The van der Waals surface area contributed by atoms with Crippen LogP contribution in [0, 0.1) is 0 Å². The van der Waals surface area contributed by atoms with Crippen LogP contribution in [0.2, 0.25) is 0 Å². The molecule has 5 nitrogen and oxygen atoms in total. The summed E-state index contributed by atoms with van der Waals surface area (Å²) in [6.07, 6.45) is 1.57. The maximum atomic E-state index is 12.2. The van der Waals surface area contributed by atoms with E-state index in [1.807, 2.05) is 30.3 Å². The number of hydrogen-bond donors (Lipinski definition) is 3. The zero-order valence-electron chi connectivity index (χ0n) is 16.0. The SMILES string of the molecule is CC(c1ccc(Nc2ccc[nH]c2=O)cc1C(N)=O)c1cccc2ccccc12. The Balaban J connectivity index is 1.76. The minimum absolute atomic E-state index is 0.0298. The van der Waals surface area contributed by atoms with Crippen molar-refractivity contribution in [3.63, 3.8) is 0 Å². The van der Waals surface area contributed by atoms with Crippen LogP contribution in [0.15, 0.2) is 83.8 Å². The van der Waals surface area contributed by atoms with Crippen LogP contribution in [0.5, 0.6) is 0 Å². The highest BCUT2D eigenvalue weighted by molar-refractivity contribution is 5.96. The number of H-pyrrole nitrogens is 1. The number of primary amides is 1. The zero-order valence-corrected chi connectivity index (χ0v) is 16.0. The molecule has 1 heterocycles. The molecule has 0 fully saturated rings. The number of rotatable bonds is 5. The molecule has 1 atom stereocenters. The molecule has 0 aliphatic carbocycles. The molecule has 0 radical (unpaired) electrons. The molecule has 0 saturated carbocycles. The summed E-state index contributed by atoms with van der Waals surface area (Å²) in [5.74, 6) is -0.532. The van der Waals surface area contributed by atoms with Crippen LogP contribution in [0.1, 0.15) is 34.3 Å². The number of nitrogens with two attached hydrogens (primary N) is 1. The van der Waals surface area contributed by atoms with Crippen molar-refractivity contribution in [3.05, 3.63) is 106 Å². The average molecular weight is 383 g/mol. The van der Waals surface area contributed by atoms with Crippen LogP contribution in [0.25, 0.3) is 10.8 Å². The monoisotopic (exact) mass is 383 g/mol. The number of carbonyl (C=O) groups is 1. The molecular formula is C24H21N3O2. The summed E-state index contributed by atoms with van der Waals surface area (Å²) in [6, 6.07) is 23.2. The molecule has 29 heavy (non-hydrogen) atoms. The number of amides is 1. The number of benzene rings is 3. The van der Waals surface area contributed by atoms with Gasteiger partial charge in [-0.1, -0.05) is 55.5 Å². The number of fused-ring (bicyclic) bond motifs is 1. The first-order chi connectivity index (χ1) is 14.0. The molecule has 1 amide bonds. The van der Waals surface area contributed by atoms with Crippen molar-refractivity contribution in [3.8, 4) is 0 Å². The van der Waals surface area contributed by atoms with E-state index in [9.17, 15) is 9.59 Å². The summed E-state index contributed by atoms with van der Waals surface area (Å²) < 4.78 is 0. The summed E-state index contributed by atoms with van der Waals surface area (Å²) in [5.41, 5.74) is 8.91. The number of aromatic amines is 1. The van der Waals surface area contributed by atoms with E-state index in [1.165, 1.54) is 0 Å². The molecule has 1 unspecified atom stereocenters. The van der Waals surface area contributed by atoms with Crippen LogP contribution in [0.4, 0.5) is 11.4 Å². The number of aromatic nitrogens is 1. The first-order valence-corrected chi connectivity index (χ1v) is 9.41. The van der Waals surface area contributed by atoms with E-state index in [0.29, 0.717) is 16.9 Å². The van der Waals surface area contributed by atoms with Gasteiger partial charge in [-0.25, -0.2) is 0 Å². The van der Waals surface area contributed by atoms with E-state index in [1.54, 1.807) is 24.4 Å². The van der Waals surface area contributed by atoms with Gasteiger partial charge in [-0.3, -0.25) is 9.59 Å². The minimum Gasteiger partial charge on any atom is -0.366 e. The fourth-order valence-corrected chi connectivity index (χ4v) is 3.70. The van der Waals surface area contributed by atoms with Gasteiger partial charge in [0.15, 0.2) is 0 Å². The Morgan fingerprint density at radius 2 is 1.76 bits per heavy atom. The van der Waals surface area contributed by atoms with Gasteiger partial charge in [-0.05, 0) is 46.2 Å². The van der Waals surface area contributed by atoms with Crippen LogP contribution in [0.3, 0.4) is 0 Å². The molecule has 4 N–H and O–H groups in total. The van der Waals surface area contributed by atoms with Crippen molar-refractivity contribution in [1.82, 2.24) is 4.98 Å². The lowest BCUT2D eigenvalue weighted by atomic mass is 9.86. The number of carbonyl (C=O) groups excluding carboxylic acids is 1. The van der Waals surface area contributed by atoms with E-state index in [0.717, 1.165) is 21.9 Å². The highest BCUT2D eigenvalue weighted by Crippen LogP contribution is 2.33. The largest absolute Gasteiger partial charge is 0.366 e. The smallest absolute Gasteiger partial charge is 0.271 e. The van der Waals surface area contributed by atoms with Gasteiger partial charge in [0.05, 0.1) is 0 Å². The van der Waals surface area contributed by atoms with E-state index in [4.69, 9.17) is 5.73 Å². The molecule has 0 aliphatic rings. The molecule has 4 rings (SSSR count). The van der Waals surface area contributed by atoms with Gasteiger partial charge in [0.1, 0.15) is 5.69 Å². The zero-order chi connectivity index (χ0) is 20.4. The van der Waals surface area contributed by atoms with Crippen molar-refractivity contribution in [2.75, 3.05) is 5.32 Å². The Bertz CT molecular complexity index is 1250. The first kappa shape index (κ1) is 18.5. The molecule has 0 saturated heterocycles. The molecule has 1 aromatic heterocycles. The molecule has 0 spiro atoms. The minimum atomic E-state index is -0.502. The second kappa shape index (κ2) is 7.64. The van der Waals surface area contributed by atoms with Crippen LogP contribution < -0.4 is 16.6 Å². The van der Waals surface area contributed by atoms with E-state index in [-0.39, 0.29) is 11.5 Å². The number of hydrogen-bond acceptors (Lipinski definition) is 3. The lowest BCUT2D eigenvalue weighted by molar-refractivity contribution is 0.0999. The summed E-state index contributed by atoms with van der Waals surface area (Å²) in [6.45, 7) is 2.07. The highest BCUT2D eigenvalue weighted by atomic mass is 16.1. The van der Waals surface area contributed by atoms with Crippen molar-refractivity contribution in [2.45, 2.75) is 12.8 Å². The molecule has 3 aromatic carbocycles. The summed E-state index contributed by atoms with van der Waals surface area (Å²) in [5, 5.41) is 5.35. The second-order valence-corrected chi connectivity index (χ2v) is 6.99. The molecule has 0 bridgehead atoms. The van der Waals surface area contributed by atoms with Crippen molar-refractivity contribution in [1.29, 1.82) is 0 Å². The van der Waals surface area contributed by atoms with Crippen molar-refractivity contribution in [2.24, 2.45) is 5.73 Å². The molecular weight excluding hydrogens is 362 g/mol. The van der Waals surface area contributed by atoms with Gasteiger partial charge in [0, 0.05) is 23.4 Å². The Morgan fingerprint density at radius 1 is 0.966 bits per heavy atom. The number of anilines is 2. The third-order valence-electron chi connectivity index (χ3n) is 5.17. The lowest BCUT2D eigenvalue weighted by Gasteiger charge is -2.19. The van der Waals surface area contributed by atoms with Crippen LogP contribution in [-0.2, 0) is 0 Å². The summed E-state index contributed by atoms with van der Waals surface area (Å²) >= 11 is 0. The Labute approximate surface area is 168 Å². The normalized spacial score (nSPS) is 11.9. The van der Waals surface area contributed by atoms with Crippen molar-refractivity contribution < 1.29 is 4.79 Å². The third kappa shape index (κ3) is 3.62. The summed E-state index contributed by atoms with van der Waals surface area (Å²) in [4.78, 5) is 26.8. The maximum Gasteiger partial charge on any atom is 0.271 e. The predicted molar refractivity (Wildman–Crippen MR) is 117 cm³/mol. The average Bonchev–Trinajstić information content (AvgIpc) is 2.74. The van der Waals surface area contributed by atoms with E-state index in [2.05, 4.69) is 41.5 Å². The van der Waals surface area contributed by atoms with Crippen LogP contribution in [-0.4, -0.2) is 10.9 Å². The Morgan fingerprint density at radius 3 is 2.55 bits per heavy atom. The second-order valence-electron chi connectivity index (χ2n) is 6.99. The van der Waals surface area contributed by atoms with Gasteiger partial charge in [-0.2, -0.15) is 0 Å². The maximum absolute atomic E-state index is 12.2. The standard InChI is InChI=1S/C24H21N3O2/c1-15(18-9-4-7-16-6-2-3-8-20(16)18)19-12-11-17(14-21(19)23(25)28)27-22-10-5-13-26-24(22)29/h2-15,27H,1H3,(H2,25,28)(H,26,29). The number of pyridine rings is 1. The fourth-order valence-electron chi connectivity index (χ4n) is 3.70. The van der Waals surface area contributed by atoms with Crippen LogP contribution >= 0.6 is 0 Å². The van der Waals surface area contributed by atoms with E-state index >= 15 is 0 Å². The topological polar surface area (TPSA) is 88.0 Å². The van der Waals surface area contributed by atoms with Gasteiger partial charge < -0.3 is 16.0 Å². The Kier molecular flexibility index (Phi) is 4.87. The Hall–Kier alpha value is -3.86. The fraction of sp³-hybridized carbons (Fsp3) is 0.0833. The molecule has 144 valence electrons. The summed E-state index contributed by atoms with van der Waals surface area (Å²) in [7, 11) is 0. The number of nitrogens with one attached hydrogen (secondary N) is 2. The molecule has 5 heteroatoms. The van der Waals surface area contributed by atoms with Gasteiger partial charge >= 0.3 is 0 Å². The molecule has 4 aromatic rings. The highest BCUT2D eigenvalue weighted by Gasteiger charge is 2.18. The third-order valence-corrected chi connectivity index (χ3v) is 5.17. The van der Waals surface area contributed by atoms with Gasteiger partial charge in [0.25, 0.3) is 5.56 Å². The predicted octanol–water partition coefficient (Wildman–Crippen LogP) is 4.52. The van der Waals surface area contributed by atoms with Gasteiger partial charge in [0.2, 0.25) is 5.91 Å². The lowest BCUT2D eigenvalue weighted by Crippen LogP contribution is -2.16. The van der Waals surface area contributed by atoms with E-state index < -0.39 is 5.91 Å². The van der Waals surface area contributed by atoms with Gasteiger partial charge in [-0.15, -0.1) is 0 Å². The van der Waals surface area contributed by atoms with Crippen molar-refractivity contribution >= 4 is 28.1 Å². The quantitative estimate of drug-likeness (QED) is 0.473. The molecule has 0 aliphatic heterocycles. The first-order valence-electron chi connectivity index (χ1n) is 9.41.